The van der Waals surface area contributed by atoms with Gasteiger partial charge in [0, 0.05) is 0 Å². The molecule has 0 aromatic heterocycles. The molecular formula is C26H20P2. The van der Waals surface area contributed by atoms with E-state index >= 15 is 0 Å². The Balaban J connectivity index is 1.49. The highest BCUT2D eigenvalue weighted by molar-refractivity contribution is 7.55. The van der Waals surface area contributed by atoms with Crippen molar-refractivity contribution in [3.8, 4) is 0 Å². The Hall–Kier alpha value is -2.52. The normalized spacial score (nSPS) is 12.0. The SMILES string of the molecule is c1ccc(Pc2ccc3c(ccc4cc(Pc5ccccc5)ccc43)c2)cc1. The average Bonchev–Trinajstić information content (AvgIpc) is 2.75. The summed E-state index contributed by atoms with van der Waals surface area (Å²) in [6, 6.07) is 39.8. The van der Waals surface area contributed by atoms with Gasteiger partial charge < -0.3 is 0 Å². The fraction of sp³-hybridized carbons (Fsp3) is 0. The minimum Gasteiger partial charge on any atom is -0.0622 e. The van der Waals surface area contributed by atoms with Crippen LogP contribution >= 0.6 is 17.2 Å². The maximum absolute atomic E-state index is 2.35. The molecule has 5 aromatic rings. The number of benzene rings is 5. The van der Waals surface area contributed by atoms with E-state index in [0.717, 1.165) is 0 Å². The molecule has 0 aliphatic rings. The molecule has 0 fully saturated rings. The summed E-state index contributed by atoms with van der Waals surface area (Å²) in [6.45, 7) is 0. The van der Waals surface area contributed by atoms with E-state index in [1.54, 1.807) is 0 Å². The molecule has 0 spiro atoms. The van der Waals surface area contributed by atoms with E-state index in [1.807, 2.05) is 0 Å². The second-order valence-corrected chi connectivity index (χ2v) is 9.73. The van der Waals surface area contributed by atoms with Crippen LogP contribution in [0.5, 0.6) is 0 Å². The lowest BCUT2D eigenvalue weighted by Crippen LogP contribution is -2.03. The molecule has 5 aromatic carbocycles. The smallest absolute Gasteiger partial charge is 0.0105 e. The van der Waals surface area contributed by atoms with Crippen molar-refractivity contribution in [2.24, 2.45) is 0 Å². The van der Waals surface area contributed by atoms with Crippen LogP contribution in [0.1, 0.15) is 0 Å². The standard InChI is InChI=1S/C26H20P2/c1-3-7-21(8-4-1)27-23-13-15-25-19(17-23)11-12-20-18-24(14-16-26(20)25)28-22-9-5-2-6-10-22/h1-18,27-28H. The molecule has 0 aliphatic carbocycles. The van der Waals surface area contributed by atoms with Crippen molar-refractivity contribution in [1.82, 2.24) is 0 Å². The second-order valence-electron chi connectivity index (χ2n) is 6.92. The van der Waals surface area contributed by atoms with Crippen LogP contribution in [0.2, 0.25) is 0 Å². The van der Waals surface area contributed by atoms with Crippen LogP contribution in [0.25, 0.3) is 21.5 Å². The average molecular weight is 394 g/mol. The molecular weight excluding hydrogens is 374 g/mol. The molecule has 28 heavy (non-hydrogen) atoms. The van der Waals surface area contributed by atoms with E-state index in [-0.39, 0.29) is 0 Å². The minimum atomic E-state index is 0.700. The number of fused-ring (bicyclic) bond motifs is 3. The maximum Gasteiger partial charge on any atom is -0.0105 e. The van der Waals surface area contributed by atoms with E-state index in [1.165, 1.54) is 42.8 Å². The first kappa shape index (κ1) is 17.6. The first-order chi connectivity index (χ1) is 13.8. The topological polar surface area (TPSA) is 0 Å². The monoisotopic (exact) mass is 394 g/mol. The van der Waals surface area contributed by atoms with Crippen molar-refractivity contribution in [3.05, 3.63) is 109 Å². The summed E-state index contributed by atoms with van der Waals surface area (Å²) in [7, 11) is 1.40. The van der Waals surface area contributed by atoms with Crippen molar-refractivity contribution in [3.63, 3.8) is 0 Å². The van der Waals surface area contributed by atoms with Crippen molar-refractivity contribution in [1.29, 1.82) is 0 Å². The Morgan fingerprint density at radius 1 is 0.357 bits per heavy atom. The summed E-state index contributed by atoms with van der Waals surface area (Å²) in [6.07, 6.45) is 0. The number of hydrogen-bond acceptors (Lipinski definition) is 0. The Kier molecular flexibility index (Phi) is 4.92. The molecule has 0 N–H and O–H groups in total. The summed E-state index contributed by atoms with van der Waals surface area (Å²) >= 11 is 0. The van der Waals surface area contributed by atoms with E-state index in [2.05, 4.69) is 109 Å². The van der Waals surface area contributed by atoms with Gasteiger partial charge >= 0.3 is 0 Å². The molecule has 2 atom stereocenters. The summed E-state index contributed by atoms with van der Waals surface area (Å²) in [4.78, 5) is 0. The Morgan fingerprint density at radius 3 is 1.21 bits per heavy atom. The van der Waals surface area contributed by atoms with Crippen LogP contribution in [-0.4, -0.2) is 0 Å². The van der Waals surface area contributed by atoms with Crippen molar-refractivity contribution < 1.29 is 0 Å². The fourth-order valence-electron chi connectivity index (χ4n) is 3.60. The fourth-order valence-corrected chi connectivity index (χ4v) is 5.78. The van der Waals surface area contributed by atoms with Crippen LogP contribution < -0.4 is 21.2 Å². The zero-order valence-electron chi connectivity index (χ0n) is 15.4. The van der Waals surface area contributed by atoms with Crippen LogP contribution in [-0.2, 0) is 0 Å². The molecule has 0 bridgehead atoms. The summed E-state index contributed by atoms with van der Waals surface area (Å²) in [5.41, 5.74) is 0. The minimum absolute atomic E-state index is 0.700. The molecule has 0 saturated heterocycles. The predicted octanol–water partition coefficient (Wildman–Crippen LogP) is 5.25. The van der Waals surface area contributed by atoms with Gasteiger partial charge in [-0.3, -0.25) is 0 Å². The van der Waals surface area contributed by atoms with E-state index < -0.39 is 0 Å². The first-order valence-corrected chi connectivity index (χ1v) is 11.5. The lowest BCUT2D eigenvalue weighted by atomic mass is 10.0. The molecule has 2 heteroatoms. The van der Waals surface area contributed by atoms with Crippen LogP contribution in [0.3, 0.4) is 0 Å². The number of hydrogen-bond donors (Lipinski definition) is 0. The van der Waals surface area contributed by atoms with Gasteiger partial charge in [0.1, 0.15) is 0 Å². The molecule has 0 saturated carbocycles. The third kappa shape index (κ3) is 3.72. The van der Waals surface area contributed by atoms with Crippen molar-refractivity contribution in [2.75, 3.05) is 0 Å². The van der Waals surface area contributed by atoms with E-state index in [4.69, 9.17) is 0 Å². The third-order valence-corrected chi connectivity index (χ3v) is 7.40. The maximum atomic E-state index is 2.35. The Morgan fingerprint density at radius 2 is 0.786 bits per heavy atom. The van der Waals surface area contributed by atoms with E-state index in [0.29, 0.717) is 17.2 Å². The number of rotatable bonds is 4. The van der Waals surface area contributed by atoms with Gasteiger partial charge in [-0.25, -0.2) is 0 Å². The quantitative estimate of drug-likeness (QED) is 0.288. The van der Waals surface area contributed by atoms with Crippen LogP contribution in [0.4, 0.5) is 0 Å². The summed E-state index contributed by atoms with van der Waals surface area (Å²) < 4.78 is 0. The van der Waals surface area contributed by atoms with Gasteiger partial charge in [-0.15, -0.1) is 0 Å². The second kappa shape index (κ2) is 7.84. The zero-order chi connectivity index (χ0) is 18.8. The first-order valence-electron chi connectivity index (χ1n) is 9.46. The van der Waals surface area contributed by atoms with Crippen molar-refractivity contribution in [2.45, 2.75) is 0 Å². The highest BCUT2D eigenvalue weighted by Crippen LogP contribution is 2.27. The molecule has 2 unspecified atom stereocenters. The van der Waals surface area contributed by atoms with Gasteiger partial charge in [0.15, 0.2) is 0 Å². The predicted molar refractivity (Wildman–Crippen MR) is 130 cm³/mol. The zero-order valence-corrected chi connectivity index (χ0v) is 17.4. The van der Waals surface area contributed by atoms with Crippen molar-refractivity contribution >= 4 is 59.9 Å². The summed E-state index contributed by atoms with van der Waals surface area (Å²) in [5.74, 6) is 0. The third-order valence-electron chi connectivity index (χ3n) is 4.96. The highest BCUT2D eigenvalue weighted by atomic mass is 31.1. The molecule has 134 valence electrons. The molecule has 5 rings (SSSR count). The molecule has 0 nitrogen and oxygen atoms in total. The van der Waals surface area contributed by atoms with Gasteiger partial charge in [-0.1, -0.05) is 114 Å². The molecule has 0 radical (unpaired) electrons. The van der Waals surface area contributed by atoms with Gasteiger partial charge in [0.25, 0.3) is 0 Å². The van der Waals surface area contributed by atoms with Gasteiger partial charge in [-0.2, -0.15) is 0 Å². The largest absolute Gasteiger partial charge is 0.0622 e. The molecule has 0 heterocycles. The highest BCUT2D eigenvalue weighted by Gasteiger charge is 2.05. The molecule has 0 aliphatic heterocycles. The Bertz CT molecular complexity index is 1140. The van der Waals surface area contributed by atoms with Crippen LogP contribution in [0, 0.1) is 0 Å². The van der Waals surface area contributed by atoms with Gasteiger partial charge in [0.05, 0.1) is 0 Å². The lowest BCUT2D eigenvalue weighted by molar-refractivity contribution is 1.77. The van der Waals surface area contributed by atoms with E-state index in [9.17, 15) is 0 Å². The molecule has 0 amide bonds. The van der Waals surface area contributed by atoms with Crippen LogP contribution in [0.15, 0.2) is 109 Å². The van der Waals surface area contributed by atoms with Gasteiger partial charge in [0.2, 0.25) is 0 Å². The summed E-state index contributed by atoms with van der Waals surface area (Å²) in [5, 5.41) is 10.9. The lowest BCUT2D eigenvalue weighted by Gasteiger charge is -2.09. The van der Waals surface area contributed by atoms with Gasteiger partial charge in [-0.05, 0) is 54.9 Å². The Labute approximate surface area is 169 Å².